The largest absolute Gasteiger partial charge is 0.489 e. The second-order valence-corrected chi connectivity index (χ2v) is 39.4. The number of aromatic nitrogens is 8. The van der Waals surface area contributed by atoms with Gasteiger partial charge in [0.2, 0.25) is 10.0 Å². The lowest BCUT2D eigenvalue weighted by molar-refractivity contribution is -0.0885. The third kappa shape index (κ3) is 27.7. The Bertz CT molecular complexity index is 6820. The summed E-state index contributed by atoms with van der Waals surface area (Å²) in [6.07, 6.45) is 14.8. The van der Waals surface area contributed by atoms with Crippen molar-refractivity contribution >= 4 is 73.2 Å². The van der Waals surface area contributed by atoms with E-state index in [0.29, 0.717) is 188 Å². The van der Waals surface area contributed by atoms with Gasteiger partial charge in [-0.1, -0.05) is 12.1 Å². The highest BCUT2D eigenvalue weighted by Gasteiger charge is 2.40. The number of nitriles is 4. The number of Topliss-reactive ketones (excluding diaryl/α,β-unsaturated/α-hetero) is 1. The van der Waals surface area contributed by atoms with Gasteiger partial charge in [0.25, 0.3) is 5.78 Å². The molecular weight excluding hydrogens is 1910 g/mol. The number of halogens is 3. The number of anilines is 10. The van der Waals surface area contributed by atoms with Crippen LogP contribution in [0.5, 0.6) is 23.0 Å². The minimum Gasteiger partial charge on any atom is -0.489 e. The summed E-state index contributed by atoms with van der Waals surface area (Å²) in [4.78, 5) is 54.5. The van der Waals surface area contributed by atoms with Crippen LogP contribution in [0, 0.1) is 57.2 Å². The number of carbonyl (C=O) groups excluding carboxylic acids is 1. The van der Waals surface area contributed by atoms with Crippen LogP contribution in [0.4, 0.5) is 70.6 Å². The van der Waals surface area contributed by atoms with E-state index in [1.54, 1.807) is 73.2 Å². The van der Waals surface area contributed by atoms with Gasteiger partial charge in [0.1, 0.15) is 95.0 Å². The molecule has 4 N–H and O–H groups in total. The summed E-state index contributed by atoms with van der Waals surface area (Å²) in [6.45, 7) is 15.5. The molecule has 21 rings (SSSR count). The molecule has 8 saturated heterocycles. The average molecular weight is 2030 g/mol. The van der Waals surface area contributed by atoms with Crippen molar-refractivity contribution in [1.82, 2.24) is 49.1 Å². The molecule has 37 heteroatoms. The number of ether oxygens (including phenoxy) is 10. The van der Waals surface area contributed by atoms with E-state index >= 15 is 0 Å². The Kier molecular flexibility index (Phi) is 34.5. The van der Waals surface area contributed by atoms with Crippen LogP contribution in [0.2, 0.25) is 0 Å². The van der Waals surface area contributed by atoms with E-state index in [9.17, 15) is 47.4 Å². The number of carbonyl (C=O) groups is 1. The fourth-order valence-electron chi connectivity index (χ4n) is 18.9. The van der Waals surface area contributed by atoms with Crippen molar-refractivity contribution in [3.8, 4) is 92.8 Å². The molecule has 0 spiro atoms. The predicted molar refractivity (Wildman–Crippen MR) is 552 cm³/mol. The van der Waals surface area contributed by atoms with Crippen LogP contribution in [0.3, 0.4) is 0 Å². The highest BCUT2D eigenvalue weighted by Crippen LogP contribution is 2.43. The predicted octanol–water partition coefficient (Wildman–Crippen LogP) is 18.5. The maximum Gasteiger partial charge on any atom is 0.454 e. The molecule has 0 amide bonds. The van der Waals surface area contributed by atoms with Crippen molar-refractivity contribution in [2.75, 3.05) is 169 Å². The van der Waals surface area contributed by atoms with Crippen molar-refractivity contribution in [3.05, 3.63) is 252 Å². The zero-order chi connectivity index (χ0) is 102. The standard InChI is InChI=1S/C31H34N4O3.C29H32N6O3.C27H30N6O4S.C24H19F3N4O3/c32-18-25-16-24(8-9-29(25)38-28-11-14-36-15-12-28)31-33-13-10-30(35-31)34-27-3-1-2-23(17-27)21-4-6-22(7-5-21)26-19-37-20-26;30-18-22-17-21(1-6-27(22)38-26-8-15-36-16-9-26)29-31-10-7-28(33-29)32-23-2-4-24(5-3-23)34-11-13-35(14-12-34)25-19-37-20-25;1-38(34,35)33-14-12-32(13-15-33)23-5-3-22(4-6-23)30-26-8-11-29-27(31-26)20-2-7-25(21(18-20)19-28)37-24-9-16-36-17-10-24;25-24(26,27)22(32)15-1-4-18(5-2-15)30-21-7-10-29-23(31-21)16-3-6-20(17(13-16)14-28)34-19-8-11-33-12-9-19/h1-3,8-10,13,16-17,21-22,26,28H,4-7,11-12,14-15,19-20H2,(H,33,34,35);1-7,10,17,25-26H,8-9,11-16,19-20H2,(H,31,32,33);2-8,11,18,24H,9-10,12-17H2,1H3,(H,29,30,31);1-7,10,13,19H,8-9,11-12H2,(H,29,30,31). The van der Waals surface area contributed by atoms with Crippen molar-refractivity contribution in [2.24, 2.45) is 11.8 Å². The van der Waals surface area contributed by atoms with Crippen molar-refractivity contribution < 1.29 is 73.8 Å². The first-order valence-corrected chi connectivity index (χ1v) is 52.0. The van der Waals surface area contributed by atoms with E-state index in [1.807, 2.05) is 66.7 Å². The van der Waals surface area contributed by atoms with Gasteiger partial charge >= 0.3 is 6.18 Å². The number of piperazine rings is 2. The fraction of sp³-hybridized carbons (Fsp3) is 0.378. The second kappa shape index (κ2) is 49.6. The number of nitrogens with zero attached hydrogens (tertiary/aromatic N) is 16. The van der Waals surface area contributed by atoms with E-state index in [2.05, 4.69) is 139 Å². The Balaban J connectivity index is 0.000000129. The first-order chi connectivity index (χ1) is 72.2. The second-order valence-electron chi connectivity index (χ2n) is 37.5. The van der Waals surface area contributed by atoms with Gasteiger partial charge in [0.05, 0.1) is 114 Å². The topological polar surface area (TPSA) is 403 Å². The van der Waals surface area contributed by atoms with Crippen molar-refractivity contribution in [3.63, 3.8) is 0 Å². The number of hydrogen-bond acceptors (Lipinski definition) is 32. The van der Waals surface area contributed by atoms with Crippen LogP contribution in [0.25, 0.3) is 45.6 Å². The molecule has 0 atom stereocenters. The zero-order valence-corrected chi connectivity index (χ0v) is 82.9. The van der Waals surface area contributed by atoms with Gasteiger partial charge in [-0.2, -0.15) is 38.5 Å². The summed E-state index contributed by atoms with van der Waals surface area (Å²) in [5.74, 6) is 6.99. The Hall–Kier alpha value is -14.9. The molecule has 764 valence electrons. The minimum absolute atomic E-state index is 0.00621. The Labute approximate surface area is 857 Å². The van der Waals surface area contributed by atoms with Crippen LogP contribution in [-0.4, -0.2) is 238 Å². The molecule has 0 bridgehead atoms. The fourth-order valence-corrected chi connectivity index (χ4v) is 19.8. The lowest BCUT2D eigenvalue weighted by atomic mass is 9.73. The molecule has 0 unspecified atom stereocenters. The molecular formula is C111H115F3N20O13S. The Morgan fingerprint density at radius 3 is 1.01 bits per heavy atom. The van der Waals surface area contributed by atoms with E-state index < -0.39 is 27.5 Å². The minimum atomic E-state index is -4.93. The molecule has 1 saturated carbocycles. The number of sulfonamides is 1. The summed E-state index contributed by atoms with van der Waals surface area (Å²) in [7, 11) is -3.15. The quantitative estimate of drug-likeness (QED) is 0.0347. The maximum absolute atomic E-state index is 12.6. The lowest BCUT2D eigenvalue weighted by Crippen LogP contribution is -2.56. The molecule has 9 fully saturated rings. The van der Waals surface area contributed by atoms with Crippen LogP contribution in [0.15, 0.2) is 219 Å². The normalized spacial score (nSPS) is 18.3. The van der Waals surface area contributed by atoms with Gasteiger partial charge < -0.3 is 78.4 Å². The molecule has 9 aliphatic rings. The molecule has 12 heterocycles. The van der Waals surface area contributed by atoms with Crippen molar-refractivity contribution in [1.29, 1.82) is 21.0 Å². The molecule has 0 radical (unpaired) electrons. The monoisotopic (exact) mass is 2020 g/mol. The summed E-state index contributed by atoms with van der Waals surface area (Å²) >= 11 is 0. The molecule has 12 aromatic rings. The molecule has 8 aliphatic heterocycles. The van der Waals surface area contributed by atoms with Gasteiger partial charge in [-0.25, -0.2) is 48.3 Å². The first kappa shape index (κ1) is 103. The summed E-state index contributed by atoms with van der Waals surface area (Å²) in [5, 5.41) is 51.9. The molecule has 1 aliphatic carbocycles. The highest BCUT2D eigenvalue weighted by atomic mass is 32.2. The number of nitrogens with one attached hydrogen (secondary N) is 4. The van der Waals surface area contributed by atoms with Gasteiger partial charge in [0, 0.05) is 196 Å². The smallest absolute Gasteiger partial charge is 0.454 e. The molecule has 148 heavy (non-hydrogen) atoms. The number of hydrogen-bond donors (Lipinski definition) is 4. The van der Waals surface area contributed by atoms with E-state index in [1.165, 1.54) is 65.8 Å². The third-order valence-electron chi connectivity index (χ3n) is 27.5. The van der Waals surface area contributed by atoms with Gasteiger partial charge in [-0.3, -0.25) is 9.69 Å². The summed E-state index contributed by atoms with van der Waals surface area (Å²) < 4.78 is 119. The van der Waals surface area contributed by atoms with Gasteiger partial charge in [-0.05, 0) is 225 Å². The van der Waals surface area contributed by atoms with Crippen LogP contribution < -0.4 is 50.0 Å². The van der Waals surface area contributed by atoms with Crippen LogP contribution in [-0.2, 0) is 38.4 Å². The lowest BCUT2D eigenvalue weighted by Gasteiger charge is -2.43. The van der Waals surface area contributed by atoms with E-state index in [0.717, 1.165) is 173 Å². The number of benzene rings is 8. The highest BCUT2D eigenvalue weighted by molar-refractivity contribution is 7.88. The Morgan fingerprint density at radius 2 is 0.703 bits per heavy atom. The zero-order valence-electron chi connectivity index (χ0n) is 82.0. The molecule has 33 nitrogen and oxygen atoms in total. The molecule has 4 aromatic heterocycles. The van der Waals surface area contributed by atoms with E-state index in [4.69, 9.17) is 57.3 Å². The SMILES string of the molecule is CS(=O)(=O)N1CCN(c2ccc(Nc3ccnc(-c4ccc(OC5CCOCC5)c(C#N)c4)n3)cc2)CC1.N#Cc1cc(-c2nccc(Nc3ccc(C(=O)C(F)(F)F)cc3)n2)ccc1OC1CCOCC1.N#Cc1cc(-c2nccc(Nc3ccc(N4CCN(C5COC5)CC4)cc3)n2)ccc1OC1CCOCC1.N#Cc1cc(-c2nccc(Nc3cccc(C4CCC(C5COC5)CC4)c3)n2)ccc1OC1CCOCC1. The van der Waals surface area contributed by atoms with Crippen LogP contribution in [0.1, 0.15) is 121 Å². The first-order valence-electron chi connectivity index (χ1n) is 50.1. The van der Waals surface area contributed by atoms with Crippen molar-refractivity contribution in [2.45, 2.75) is 120 Å². The van der Waals surface area contributed by atoms with Gasteiger partial charge in [-0.15, -0.1) is 0 Å². The number of ketones is 1. The summed E-state index contributed by atoms with van der Waals surface area (Å²) in [6, 6.07) is 68.3. The average Bonchev–Trinajstić information content (AvgIpc) is 0.840. The van der Waals surface area contributed by atoms with E-state index in [-0.39, 0.29) is 24.4 Å². The van der Waals surface area contributed by atoms with Crippen LogP contribution >= 0.6 is 0 Å². The Morgan fingerprint density at radius 1 is 0.372 bits per heavy atom. The number of alkyl halides is 3. The molecule has 8 aromatic carbocycles. The maximum atomic E-state index is 12.6. The third-order valence-corrected chi connectivity index (χ3v) is 28.8. The summed E-state index contributed by atoms with van der Waals surface area (Å²) in [5.41, 5.74) is 11.2. The van der Waals surface area contributed by atoms with Gasteiger partial charge in [0.15, 0.2) is 23.3 Å². The number of rotatable bonds is 27.